The lowest BCUT2D eigenvalue weighted by Gasteiger charge is -2.36. The Kier molecular flexibility index (Phi) is 10.6. The van der Waals surface area contributed by atoms with Gasteiger partial charge in [-0.3, -0.25) is 14.7 Å². The molecule has 11 nitrogen and oxygen atoms in total. The van der Waals surface area contributed by atoms with Gasteiger partial charge < -0.3 is 5.32 Å². The van der Waals surface area contributed by atoms with Gasteiger partial charge in [-0.2, -0.15) is 30.0 Å². The summed E-state index contributed by atoms with van der Waals surface area (Å²) >= 11 is 0. The molecule has 0 bridgehead atoms. The van der Waals surface area contributed by atoms with E-state index in [2.05, 4.69) is 67.7 Å². The van der Waals surface area contributed by atoms with Crippen LogP contribution in [0.2, 0.25) is 0 Å². The fraction of sp³-hybridized carbons (Fsp3) is 0.0769. The normalized spacial score (nSPS) is 14.4. The molecular formula is C52H43N11. The summed E-state index contributed by atoms with van der Waals surface area (Å²) in [5.41, 5.74) is 8.52. The Morgan fingerprint density at radius 3 is 0.968 bits per heavy atom. The van der Waals surface area contributed by atoms with Gasteiger partial charge in [0.15, 0.2) is 0 Å². The molecule has 0 saturated heterocycles. The lowest BCUT2D eigenvalue weighted by atomic mass is 9.98. The molecule has 0 aliphatic carbocycles. The third-order valence-corrected chi connectivity index (χ3v) is 11.0. The molecule has 3 heterocycles. The number of anilines is 8. The number of aliphatic imine (C=N–C) groups is 6. The van der Waals surface area contributed by atoms with Crippen molar-refractivity contribution in [2.75, 3.05) is 20.0 Å². The number of benzene rings is 7. The van der Waals surface area contributed by atoms with Crippen molar-refractivity contribution in [3.63, 3.8) is 0 Å². The van der Waals surface area contributed by atoms with Gasteiger partial charge in [-0.05, 0) is 115 Å². The van der Waals surface area contributed by atoms with Crippen molar-refractivity contribution in [1.29, 1.82) is 0 Å². The number of nitrogens with one attached hydrogen (secondary N) is 1. The van der Waals surface area contributed by atoms with Crippen LogP contribution in [0.15, 0.2) is 230 Å². The molecule has 0 spiro atoms. The van der Waals surface area contributed by atoms with E-state index in [0.717, 1.165) is 51.9 Å². The van der Waals surface area contributed by atoms with Crippen molar-refractivity contribution in [2.45, 2.75) is 26.2 Å². The van der Waals surface area contributed by atoms with E-state index in [1.807, 2.05) is 166 Å². The molecule has 1 N–H and O–H groups in total. The standard InChI is InChI=1S/C52H43N11/c1-3-37(2)38-29-31-39(32-30-38)53-40-33-35-46(36-34-40)62(45-27-17-8-18-28-45)49-58-51-56-47(60(41-19-9-4-10-20-41)42-21-11-5-12-22-42)54-50-55-48(57-52(59-49)63(50)51)61(43-23-13-6-14-24-43)44-25-15-7-16-26-44/h4-37,53H,3H2,1-2H3. The van der Waals surface area contributed by atoms with Gasteiger partial charge in [-0.1, -0.05) is 117 Å². The molecule has 7 aromatic rings. The predicted molar refractivity (Wildman–Crippen MR) is 260 cm³/mol. The molecule has 0 saturated carbocycles. The molecule has 11 heteroatoms. The topological polar surface area (TPSA) is 99.1 Å². The molecule has 0 amide bonds. The second-order valence-electron chi connectivity index (χ2n) is 15.1. The monoisotopic (exact) mass is 821 g/mol. The van der Waals surface area contributed by atoms with Gasteiger partial charge in [0.05, 0.1) is 0 Å². The minimum Gasteiger partial charge on any atom is -0.356 e. The third-order valence-electron chi connectivity index (χ3n) is 11.0. The molecular weight excluding hydrogens is 779 g/mol. The maximum absolute atomic E-state index is 5.21. The van der Waals surface area contributed by atoms with Crippen molar-refractivity contribution >= 4 is 81.3 Å². The highest BCUT2D eigenvalue weighted by Gasteiger charge is 2.39. The van der Waals surface area contributed by atoms with Crippen LogP contribution in [0.3, 0.4) is 0 Å². The summed E-state index contributed by atoms with van der Waals surface area (Å²) in [5, 5.41) is 3.57. The predicted octanol–water partition coefficient (Wildman–Crippen LogP) is 12.2. The highest BCUT2D eigenvalue weighted by molar-refractivity contribution is 6.34. The average Bonchev–Trinajstić information content (AvgIpc) is 3.34. The largest absolute Gasteiger partial charge is 0.356 e. The van der Waals surface area contributed by atoms with Gasteiger partial charge in [0, 0.05) is 45.5 Å². The molecule has 0 fully saturated rings. The van der Waals surface area contributed by atoms with Gasteiger partial charge in [0.25, 0.3) is 0 Å². The highest BCUT2D eigenvalue weighted by Crippen LogP contribution is 2.34. The maximum atomic E-state index is 5.21. The van der Waals surface area contributed by atoms with E-state index in [0.29, 0.717) is 41.7 Å². The molecule has 63 heavy (non-hydrogen) atoms. The first kappa shape index (κ1) is 38.7. The zero-order valence-electron chi connectivity index (χ0n) is 34.8. The second-order valence-corrected chi connectivity index (χ2v) is 15.1. The zero-order valence-corrected chi connectivity index (χ0v) is 34.8. The van der Waals surface area contributed by atoms with Gasteiger partial charge in [0.1, 0.15) is 0 Å². The smallest absolute Gasteiger partial charge is 0.246 e. The van der Waals surface area contributed by atoms with Crippen molar-refractivity contribution < 1.29 is 0 Å². The van der Waals surface area contributed by atoms with E-state index in [-0.39, 0.29) is 0 Å². The van der Waals surface area contributed by atoms with Crippen LogP contribution in [0, 0.1) is 0 Å². The van der Waals surface area contributed by atoms with Crippen molar-refractivity contribution in [3.8, 4) is 0 Å². The Bertz CT molecular complexity index is 2730. The van der Waals surface area contributed by atoms with Gasteiger partial charge in [-0.15, -0.1) is 0 Å². The Morgan fingerprint density at radius 2 is 0.667 bits per heavy atom. The summed E-state index contributed by atoms with van der Waals surface area (Å²) in [7, 11) is 0. The average molecular weight is 822 g/mol. The first-order valence-corrected chi connectivity index (χ1v) is 21.0. The molecule has 1 unspecified atom stereocenters. The molecule has 306 valence electrons. The molecule has 0 radical (unpaired) electrons. The quantitative estimate of drug-likeness (QED) is 0.148. The summed E-state index contributed by atoms with van der Waals surface area (Å²) in [5.74, 6) is 2.63. The Balaban J connectivity index is 1.12. The Hall–Kier alpha value is -8.44. The van der Waals surface area contributed by atoms with Crippen molar-refractivity contribution in [1.82, 2.24) is 4.90 Å². The Morgan fingerprint density at radius 1 is 0.381 bits per heavy atom. The molecule has 7 aromatic carbocycles. The van der Waals surface area contributed by atoms with E-state index >= 15 is 0 Å². The highest BCUT2D eigenvalue weighted by atomic mass is 15.6. The fourth-order valence-corrected chi connectivity index (χ4v) is 7.57. The van der Waals surface area contributed by atoms with Crippen molar-refractivity contribution in [3.05, 3.63) is 206 Å². The lowest BCUT2D eigenvalue weighted by molar-refractivity contribution is 0.734. The van der Waals surface area contributed by atoms with Crippen LogP contribution in [0.25, 0.3) is 0 Å². The SMILES string of the molecule is CCC(C)c1ccc(Nc2ccc(N(C3=NC4=NC(N(c5ccccc5)c5ccccc5)=NC5=NC(N(c6ccccc6)c6ccccc6)=NC(=N3)N54)c3ccccc3)cc2)cc1. The van der Waals surface area contributed by atoms with Crippen molar-refractivity contribution in [2.24, 2.45) is 30.0 Å². The zero-order chi connectivity index (χ0) is 42.5. The first-order chi connectivity index (χ1) is 31.1. The van der Waals surface area contributed by atoms with E-state index in [4.69, 9.17) is 30.0 Å². The fourth-order valence-electron chi connectivity index (χ4n) is 7.57. The van der Waals surface area contributed by atoms with Crippen LogP contribution in [0.5, 0.6) is 0 Å². The lowest BCUT2D eigenvalue weighted by Crippen LogP contribution is -2.51. The first-order valence-electron chi connectivity index (χ1n) is 21.0. The van der Waals surface area contributed by atoms with Crippen LogP contribution in [-0.4, -0.2) is 40.7 Å². The van der Waals surface area contributed by atoms with E-state index in [1.165, 1.54) is 5.56 Å². The molecule has 3 aliphatic rings. The summed E-state index contributed by atoms with van der Waals surface area (Å²) in [6, 6.07) is 67.2. The van der Waals surface area contributed by atoms with Crippen LogP contribution in [-0.2, 0) is 0 Å². The number of hydrogen-bond donors (Lipinski definition) is 1. The van der Waals surface area contributed by atoms with Gasteiger partial charge in [0.2, 0.25) is 35.8 Å². The van der Waals surface area contributed by atoms with Crippen LogP contribution in [0.4, 0.5) is 45.5 Å². The Labute approximate surface area is 366 Å². The summed E-state index contributed by atoms with van der Waals surface area (Å²) < 4.78 is 0. The number of nitrogens with zero attached hydrogens (tertiary/aromatic N) is 10. The minimum absolute atomic E-state index is 0.324. The molecule has 1 atom stereocenters. The molecule has 3 aliphatic heterocycles. The summed E-state index contributed by atoms with van der Waals surface area (Å²) in [4.78, 5) is 38.8. The van der Waals surface area contributed by atoms with Gasteiger partial charge in [-0.25, -0.2) is 4.90 Å². The number of guanidine groups is 6. The van der Waals surface area contributed by atoms with E-state index in [1.54, 1.807) is 4.90 Å². The molecule has 0 aromatic heterocycles. The summed E-state index contributed by atoms with van der Waals surface area (Å²) in [6.45, 7) is 4.47. The minimum atomic E-state index is 0.324. The van der Waals surface area contributed by atoms with E-state index in [9.17, 15) is 0 Å². The number of para-hydroxylation sites is 5. The summed E-state index contributed by atoms with van der Waals surface area (Å²) in [6.07, 6.45) is 1.10. The van der Waals surface area contributed by atoms with Gasteiger partial charge >= 0.3 is 0 Å². The molecule has 10 rings (SSSR count). The van der Waals surface area contributed by atoms with Crippen LogP contribution >= 0.6 is 0 Å². The van der Waals surface area contributed by atoms with E-state index < -0.39 is 0 Å². The number of rotatable bonds is 10. The maximum Gasteiger partial charge on any atom is 0.246 e. The van der Waals surface area contributed by atoms with Crippen LogP contribution < -0.4 is 20.0 Å². The number of hydrogen-bond acceptors (Lipinski definition) is 11. The third kappa shape index (κ3) is 7.98. The second kappa shape index (κ2) is 17.3. The van der Waals surface area contributed by atoms with Crippen LogP contribution in [0.1, 0.15) is 31.7 Å².